The Labute approximate surface area is 106 Å². The minimum atomic E-state index is 0.742. The Morgan fingerprint density at radius 1 is 1.29 bits per heavy atom. The zero-order chi connectivity index (χ0) is 12.0. The van der Waals surface area contributed by atoms with Crippen LogP contribution in [0, 0.1) is 29.6 Å². The summed E-state index contributed by atoms with van der Waals surface area (Å²) < 4.78 is 0. The second-order valence-electron chi connectivity index (χ2n) is 6.79. The minimum absolute atomic E-state index is 0.742. The molecule has 0 aliphatic heterocycles. The number of fused-ring (bicyclic) bond motifs is 5. The summed E-state index contributed by atoms with van der Waals surface area (Å²) in [5, 5.41) is 3.80. The fourth-order valence-electron chi connectivity index (χ4n) is 4.98. The van der Waals surface area contributed by atoms with Gasteiger partial charge in [0.2, 0.25) is 0 Å². The second-order valence-corrected chi connectivity index (χ2v) is 6.79. The number of hydrogen-bond donors (Lipinski definition) is 1. The van der Waals surface area contributed by atoms with Crippen LogP contribution in [0.5, 0.6) is 0 Å². The molecule has 3 aliphatic rings. The van der Waals surface area contributed by atoms with Crippen LogP contribution in [0.3, 0.4) is 0 Å². The number of hydrogen-bond acceptors (Lipinski definition) is 1. The molecule has 3 fully saturated rings. The first-order valence-electron chi connectivity index (χ1n) is 7.60. The zero-order valence-corrected chi connectivity index (χ0v) is 11.4. The van der Waals surface area contributed by atoms with Gasteiger partial charge in [-0.2, -0.15) is 0 Å². The molecule has 5 unspecified atom stereocenters. The van der Waals surface area contributed by atoms with E-state index in [9.17, 15) is 0 Å². The summed E-state index contributed by atoms with van der Waals surface area (Å²) in [5.74, 6) is 5.41. The van der Waals surface area contributed by atoms with Crippen LogP contribution in [-0.4, -0.2) is 12.6 Å². The van der Waals surface area contributed by atoms with Crippen molar-refractivity contribution < 1.29 is 0 Å². The van der Waals surface area contributed by atoms with Crippen molar-refractivity contribution in [1.82, 2.24) is 5.32 Å². The van der Waals surface area contributed by atoms with Crippen LogP contribution in [0.4, 0.5) is 0 Å². The van der Waals surface area contributed by atoms with Gasteiger partial charge in [0.1, 0.15) is 0 Å². The third-order valence-electron chi connectivity index (χ3n) is 5.48. The Morgan fingerprint density at radius 2 is 1.94 bits per heavy atom. The first-order chi connectivity index (χ1) is 8.22. The van der Waals surface area contributed by atoms with Crippen LogP contribution < -0.4 is 5.32 Å². The van der Waals surface area contributed by atoms with Gasteiger partial charge in [-0.05, 0) is 75.2 Å². The SMILES string of the molecule is C=C(C)CC(NCCC)C1C2C3CCC(C3)C21. The Bertz CT molecular complexity index is 293. The van der Waals surface area contributed by atoms with Crippen molar-refractivity contribution in [1.29, 1.82) is 0 Å². The number of rotatable bonds is 6. The molecule has 3 saturated carbocycles. The summed E-state index contributed by atoms with van der Waals surface area (Å²) in [6.07, 6.45) is 7.10. The molecule has 17 heavy (non-hydrogen) atoms. The molecule has 0 aromatic carbocycles. The van der Waals surface area contributed by atoms with E-state index >= 15 is 0 Å². The summed E-state index contributed by atoms with van der Waals surface area (Å²) in [6, 6.07) is 0.742. The Hall–Kier alpha value is -0.300. The average Bonchev–Trinajstić information content (AvgIpc) is 2.73. The highest BCUT2D eigenvalue weighted by atomic mass is 14.9. The van der Waals surface area contributed by atoms with Crippen LogP contribution in [0.1, 0.15) is 46.0 Å². The fourth-order valence-corrected chi connectivity index (χ4v) is 4.98. The molecule has 5 atom stereocenters. The molecule has 0 saturated heterocycles. The predicted octanol–water partition coefficient (Wildman–Crippen LogP) is 3.61. The number of nitrogens with one attached hydrogen (secondary N) is 1. The molecule has 1 nitrogen and oxygen atoms in total. The van der Waals surface area contributed by atoms with Gasteiger partial charge in [-0.15, -0.1) is 6.58 Å². The second kappa shape index (κ2) is 4.42. The average molecular weight is 233 g/mol. The van der Waals surface area contributed by atoms with Gasteiger partial charge in [-0.3, -0.25) is 0 Å². The fraction of sp³-hybridized carbons (Fsp3) is 0.875. The molecular formula is C16H27N. The molecular weight excluding hydrogens is 206 g/mol. The first-order valence-corrected chi connectivity index (χ1v) is 7.60. The zero-order valence-electron chi connectivity index (χ0n) is 11.4. The molecule has 0 aromatic rings. The van der Waals surface area contributed by atoms with E-state index < -0.39 is 0 Å². The lowest BCUT2D eigenvalue weighted by molar-refractivity contribution is 0.361. The van der Waals surface area contributed by atoms with E-state index in [0.717, 1.165) is 35.6 Å². The van der Waals surface area contributed by atoms with Crippen molar-refractivity contribution in [2.24, 2.45) is 29.6 Å². The maximum absolute atomic E-state index is 4.12. The lowest BCUT2D eigenvalue weighted by atomic mass is 9.94. The largest absolute Gasteiger partial charge is 0.313 e. The molecule has 3 rings (SSSR count). The highest BCUT2D eigenvalue weighted by Gasteiger charge is 2.66. The van der Waals surface area contributed by atoms with Gasteiger partial charge in [0.25, 0.3) is 0 Å². The van der Waals surface area contributed by atoms with Crippen molar-refractivity contribution in [2.45, 2.75) is 52.0 Å². The van der Waals surface area contributed by atoms with Crippen molar-refractivity contribution in [3.05, 3.63) is 12.2 Å². The van der Waals surface area contributed by atoms with Gasteiger partial charge >= 0.3 is 0 Å². The molecule has 0 amide bonds. The van der Waals surface area contributed by atoms with Gasteiger partial charge < -0.3 is 5.32 Å². The lowest BCUT2D eigenvalue weighted by Gasteiger charge is -2.22. The Morgan fingerprint density at radius 3 is 2.47 bits per heavy atom. The molecule has 0 aromatic heterocycles. The van der Waals surface area contributed by atoms with Gasteiger partial charge in [0.15, 0.2) is 0 Å². The quantitative estimate of drug-likeness (QED) is 0.691. The molecule has 0 spiro atoms. The van der Waals surface area contributed by atoms with Crippen LogP contribution in [0.15, 0.2) is 12.2 Å². The predicted molar refractivity (Wildman–Crippen MR) is 72.8 cm³/mol. The van der Waals surface area contributed by atoms with E-state index in [0.29, 0.717) is 0 Å². The minimum Gasteiger partial charge on any atom is -0.313 e. The monoisotopic (exact) mass is 233 g/mol. The lowest BCUT2D eigenvalue weighted by Crippen LogP contribution is -2.34. The van der Waals surface area contributed by atoms with Crippen LogP contribution >= 0.6 is 0 Å². The van der Waals surface area contributed by atoms with Crippen LogP contribution in [0.2, 0.25) is 0 Å². The molecule has 1 N–H and O–H groups in total. The van der Waals surface area contributed by atoms with Crippen LogP contribution in [0.25, 0.3) is 0 Å². The van der Waals surface area contributed by atoms with Crippen LogP contribution in [-0.2, 0) is 0 Å². The smallest absolute Gasteiger partial charge is 0.0138 e. The Balaban J connectivity index is 1.63. The van der Waals surface area contributed by atoms with Gasteiger partial charge in [0, 0.05) is 6.04 Å². The van der Waals surface area contributed by atoms with Gasteiger partial charge in [0.05, 0.1) is 0 Å². The molecule has 96 valence electrons. The normalized spacial score (nSPS) is 43.5. The molecule has 1 heteroatoms. The summed E-state index contributed by atoms with van der Waals surface area (Å²) in [4.78, 5) is 0. The molecule has 2 bridgehead atoms. The first kappa shape index (κ1) is 11.8. The van der Waals surface area contributed by atoms with Crippen molar-refractivity contribution in [3.8, 4) is 0 Å². The highest BCUT2D eigenvalue weighted by molar-refractivity contribution is 5.17. The molecule has 0 radical (unpaired) electrons. The van der Waals surface area contributed by atoms with E-state index in [4.69, 9.17) is 0 Å². The topological polar surface area (TPSA) is 12.0 Å². The summed E-state index contributed by atoms with van der Waals surface area (Å²) >= 11 is 0. The third-order valence-corrected chi connectivity index (χ3v) is 5.48. The van der Waals surface area contributed by atoms with E-state index in [1.54, 1.807) is 6.42 Å². The van der Waals surface area contributed by atoms with Gasteiger partial charge in [-0.1, -0.05) is 12.5 Å². The third kappa shape index (κ3) is 1.97. The van der Waals surface area contributed by atoms with Crippen molar-refractivity contribution >= 4 is 0 Å². The summed E-state index contributed by atoms with van der Waals surface area (Å²) in [5.41, 5.74) is 1.36. The molecule has 0 heterocycles. The van der Waals surface area contributed by atoms with Crippen molar-refractivity contribution in [3.63, 3.8) is 0 Å². The van der Waals surface area contributed by atoms with E-state index in [1.165, 1.54) is 37.8 Å². The van der Waals surface area contributed by atoms with E-state index in [1.807, 2.05) is 0 Å². The van der Waals surface area contributed by atoms with E-state index in [2.05, 4.69) is 25.7 Å². The van der Waals surface area contributed by atoms with Crippen molar-refractivity contribution in [2.75, 3.05) is 6.54 Å². The maximum atomic E-state index is 4.12. The standard InChI is InChI=1S/C16H27N/c1-4-7-17-13(8-10(2)3)16-14-11-5-6-12(9-11)15(14)16/h11-17H,2,4-9H2,1,3H3. The highest BCUT2D eigenvalue weighted by Crippen LogP contribution is 2.70. The maximum Gasteiger partial charge on any atom is 0.0138 e. The van der Waals surface area contributed by atoms with E-state index in [-0.39, 0.29) is 0 Å². The van der Waals surface area contributed by atoms with Gasteiger partial charge in [-0.25, -0.2) is 0 Å². The summed E-state index contributed by atoms with van der Waals surface area (Å²) in [6.45, 7) is 9.76. The molecule has 3 aliphatic carbocycles. The Kier molecular flexibility index (Phi) is 3.06. The summed E-state index contributed by atoms with van der Waals surface area (Å²) in [7, 11) is 0.